The first-order valence-corrected chi connectivity index (χ1v) is 5.59. The predicted octanol–water partition coefficient (Wildman–Crippen LogP) is 2.25. The Labute approximate surface area is 97.2 Å². The highest BCUT2D eigenvalue weighted by Crippen LogP contribution is 2.17. The van der Waals surface area contributed by atoms with E-state index in [0.717, 1.165) is 11.3 Å². The first kappa shape index (κ1) is 13.0. The summed E-state index contributed by atoms with van der Waals surface area (Å²) in [6.07, 6.45) is 0.613. The maximum Gasteiger partial charge on any atom is 0.119 e. The van der Waals surface area contributed by atoms with Gasteiger partial charge >= 0.3 is 0 Å². The molecule has 1 atom stereocenters. The van der Waals surface area contributed by atoms with Crippen LogP contribution in [0.25, 0.3) is 0 Å². The van der Waals surface area contributed by atoms with Crippen LogP contribution >= 0.6 is 0 Å². The minimum Gasteiger partial charge on any atom is -0.493 e. The number of hydrogen-bond acceptors (Lipinski definition) is 3. The van der Waals surface area contributed by atoms with E-state index in [4.69, 9.17) is 10.5 Å². The van der Waals surface area contributed by atoms with Crippen LogP contribution in [0.15, 0.2) is 24.3 Å². The van der Waals surface area contributed by atoms with Crippen molar-refractivity contribution >= 4 is 0 Å². The lowest BCUT2D eigenvalue weighted by Gasteiger charge is -2.17. The lowest BCUT2D eigenvalue weighted by molar-refractivity contribution is 0.0553. The van der Waals surface area contributed by atoms with E-state index in [0.29, 0.717) is 13.0 Å². The standard InChI is InChI=1S/C13H21NO2/c1-10(14)11-4-6-12(7-5-11)16-9-8-13(2,3)15/h4-7,10,15H,8-9,14H2,1-3H3/t10-/m1/s1. The number of rotatable bonds is 5. The molecule has 0 heterocycles. The quantitative estimate of drug-likeness (QED) is 0.805. The summed E-state index contributed by atoms with van der Waals surface area (Å²) in [6, 6.07) is 7.78. The minimum absolute atomic E-state index is 0.0467. The molecule has 3 heteroatoms. The Morgan fingerprint density at radius 2 is 1.88 bits per heavy atom. The van der Waals surface area contributed by atoms with Gasteiger partial charge in [0.05, 0.1) is 12.2 Å². The topological polar surface area (TPSA) is 55.5 Å². The molecule has 0 amide bonds. The van der Waals surface area contributed by atoms with Gasteiger partial charge in [-0.05, 0) is 38.5 Å². The van der Waals surface area contributed by atoms with Crippen molar-refractivity contribution < 1.29 is 9.84 Å². The highest BCUT2D eigenvalue weighted by molar-refractivity contribution is 5.28. The number of ether oxygens (including phenoxy) is 1. The van der Waals surface area contributed by atoms with Gasteiger partial charge in [0.25, 0.3) is 0 Å². The molecule has 3 N–H and O–H groups in total. The normalized spacial score (nSPS) is 13.6. The third-order valence-electron chi connectivity index (χ3n) is 2.39. The van der Waals surface area contributed by atoms with E-state index in [1.807, 2.05) is 31.2 Å². The Balaban J connectivity index is 2.44. The Hall–Kier alpha value is -1.06. The molecule has 0 fully saturated rings. The highest BCUT2D eigenvalue weighted by Gasteiger charge is 2.11. The summed E-state index contributed by atoms with van der Waals surface area (Å²) in [5.41, 5.74) is 6.16. The Morgan fingerprint density at radius 3 is 2.31 bits per heavy atom. The second kappa shape index (κ2) is 5.32. The predicted molar refractivity (Wildman–Crippen MR) is 65.5 cm³/mol. The molecular weight excluding hydrogens is 202 g/mol. The van der Waals surface area contributed by atoms with E-state index in [-0.39, 0.29) is 6.04 Å². The highest BCUT2D eigenvalue weighted by atomic mass is 16.5. The van der Waals surface area contributed by atoms with Crippen LogP contribution in [0.4, 0.5) is 0 Å². The van der Waals surface area contributed by atoms with Crippen LogP contribution in [0.2, 0.25) is 0 Å². The fourth-order valence-corrected chi connectivity index (χ4v) is 1.29. The maximum absolute atomic E-state index is 9.52. The summed E-state index contributed by atoms with van der Waals surface area (Å²) in [4.78, 5) is 0. The van der Waals surface area contributed by atoms with Crippen molar-refractivity contribution in [2.45, 2.75) is 38.8 Å². The van der Waals surface area contributed by atoms with Crippen LogP contribution in [0.3, 0.4) is 0 Å². The molecule has 16 heavy (non-hydrogen) atoms. The van der Waals surface area contributed by atoms with Crippen molar-refractivity contribution in [3.8, 4) is 5.75 Å². The smallest absolute Gasteiger partial charge is 0.119 e. The Kier molecular flexibility index (Phi) is 4.33. The Bertz CT molecular complexity index is 312. The molecule has 0 unspecified atom stereocenters. The van der Waals surface area contributed by atoms with Crippen LogP contribution < -0.4 is 10.5 Å². The molecule has 1 aromatic rings. The summed E-state index contributed by atoms with van der Waals surface area (Å²) >= 11 is 0. The van der Waals surface area contributed by atoms with Crippen LogP contribution in [-0.2, 0) is 0 Å². The largest absolute Gasteiger partial charge is 0.493 e. The molecule has 0 aliphatic carbocycles. The van der Waals surface area contributed by atoms with Crippen molar-refractivity contribution in [1.82, 2.24) is 0 Å². The molecule has 0 spiro atoms. The van der Waals surface area contributed by atoms with Crippen LogP contribution in [0, 0.1) is 0 Å². The van der Waals surface area contributed by atoms with Crippen molar-refractivity contribution in [3.63, 3.8) is 0 Å². The van der Waals surface area contributed by atoms with Crippen LogP contribution in [-0.4, -0.2) is 17.3 Å². The van der Waals surface area contributed by atoms with Crippen LogP contribution in [0.1, 0.15) is 38.8 Å². The van der Waals surface area contributed by atoms with Gasteiger partial charge in [0.1, 0.15) is 5.75 Å². The van der Waals surface area contributed by atoms with Gasteiger partial charge in [0, 0.05) is 12.5 Å². The molecule has 0 bridgehead atoms. The molecule has 1 rings (SSSR count). The van der Waals surface area contributed by atoms with Crippen molar-refractivity contribution in [2.75, 3.05) is 6.61 Å². The fraction of sp³-hybridized carbons (Fsp3) is 0.538. The zero-order chi connectivity index (χ0) is 12.2. The number of nitrogens with two attached hydrogens (primary N) is 1. The molecule has 0 radical (unpaired) electrons. The molecule has 0 aliphatic rings. The van der Waals surface area contributed by atoms with Gasteiger partial charge in [0.2, 0.25) is 0 Å². The summed E-state index contributed by atoms with van der Waals surface area (Å²) < 4.78 is 5.52. The second-order valence-electron chi connectivity index (χ2n) is 4.77. The number of aliphatic hydroxyl groups is 1. The van der Waals surface area contributed by atoms with Crippen molar-refractivity contribution in [2.24, 2.45) is 5.73 Å². The average Bonchev–Trinajstić information content (AvgIpc) is 2.16. The summed E-state index contributed by atoms with van der Waals surface area (Å²) in [6.45, 7) is 6.01. The third kappa shape index (κ3) is 4.64. The Morgan fingerprint density at radius 1 is 1.31 bits per heavy atom. The van der Waals surface area contributed by atoms with E-state index in [2.05, 4.69) is 0 Å². The molecule has 0 aromatic heterocycles. The zero-order valence-corrected chi connectivity index (χ0v) is 10.2. The SMILES string of the molecule is C[C@@H](N)c1ccc(OCCC(C)(C)O)cc1. The van der Waals surface area contributed by atoms with Gasteiger partial charge in [-0.2, -0.15) is 0 Å². The summed E-state index contributed by atoms with van der Waals surface area (Å²) in [5.74, 6) is 0.814. The van der Waals surface area contributed by atoms with Crippen molar-refractivity contribution in [1.29, 1.82) is 0 Å². The number of hydrogen-bond donors (Lipinski definition) is 2. The van der Waals surface area contributed by atoms with Gasteiger partial charge in [0.15, 0.2) is 0 Å². The van der Waals surface area contributed by atoms with Crippen molar-refractivity contribution in [3.05, 3.63) is 29.8 Å². The third-order valence-corrected chi connectivity index (χ3v) is 2.39. The van der Waals surface area contributed by atoms with Gasteiger partial charge in [-0.3, -0.25) is 0 Å². The van der Waals surface area contributed by atoms with Crippen LogP contribution in [0.5, 0.6) is 5.75 Å². The molecular formula is C13H21NO2. The molecule has 0 aliphatic heterocycles. The van der Waals surface area contributed by atoms with Gasteiger partial charge in [-0.15, -0.1) is 0 Å². The second-order valence-corrected chi connectivity index (χ2v) is 4.77. The maximum atomic E-state index is 9.52. The monoisotopic (exact) mass is 223 g/mol. The molecule has 3 nitrogen and oxygen atoms in total. The van der Waals surface area contributed by atoms with E-state index >= 15 is 0 Å². The van der Waals surface area contributed by atoms with Gasteiger partial charge in [-0.25, -0.2) is 0 Å². The summed E-state index contributed by atoms with van der Waals surface area (Å²) in [7, 11) is 0. The molecule has 1 aromatic carbocycles. The lowest BCUT2D eigenvalue weighted by atomic mass is 10.1. The molecule has 90 valence electrons. The lowest BCUT2D eigenvalue weighted by Crippen LogP contribution is -2.21. The number of benzene rings is 1. The van der Waals surface area contributed by atoms with E-state index in [1.165, 1.54) is 0 Å². The van der Waals surface area contributed by atoms with Gasteiger partial charge in [-0.1, -0.05) is 12.1 Å². The average molecular weight is 223 g/mol. The van der Waals surface area contributed by atoms with E-state index in [9.17, 15) is 5.11 Å². The zero-order valence-electron chi connectivity index (χ0n) is 10.2. The molecule has 0 saturated carbocycles. The minimum atomic E-state index is -0.675. The van der Waals surface area contributed by atoms with E-state index in [1.54, 1.807) is 13.8 Å². The van der Waals surface area contributed by atoms with Gasteiger partial charge < -0.3 is 15.6 Å². The molecule has 0 saturated heterocycles. The summed E-state index contributed by atoms with van der Waals surface area (Å²) in [5, 5.41) is 9.52. The first-order valence-electron chi connectivity index (χ1n) is 5.59. The first-order chi connectivity index (χ1) is 7.38. The van der Waals surface area contributed by atoms with E-state index < -0.39 is 5.60 Å². The fourth-order valence-electron chi connectivity index (χ4n) is 1.29.